The summed E-state index contributed by atoms with van der Waals surface area (Å²) < 4.78 is 12.5. The van der Waals surface area contributed by atoms with E-state index in [1.807, 2.05) is 0 Å². The van der Waals surface area contributed by atoms with Crippen LogP contribution in [0.5, 0.6) is 0 Å². The smallest absolute Gasteiger partial charge is 0.214 e. The number of rotatable bonds is 0. The lowest BCUT2D eigenvalue weighted by molar-refractivity contribution is 0.585. The van der Waals surface area contributed by atoms with Crippen molar-refractivity contribution in [3.05, 3.63) is 18.1 Å². The van der Waals surface area contributed by atoms with Gasteiger partial charge in [-0.15, -0.1) is 0 Å². The molecular weight excluding hydrogens is 145 g/mol. The van der Waals surface area contributed by atoms with Crippen LogP contribution in [0.2, 0.25) is 0 Å². The van der Waals surface area contributed by atoms with E-state index >= 15 is 0 Å². The normalized spacial score (nSPS) is 14.6. The van der Waals surface area contributed by atoms with Gasteiger partial charge in [-0.3, -0.25) is 0 Å². The molecule has 0 saturated heterocycles. The van der Waals surface area contributed by atoms with E-state index in [4.69, 9.17) is 0 Å². The molecule has 58 valence electrons. The van der Waals surface area contributed by atoms with E-state index in [-0.39, 0.29) is 0 Å². The van der Waals surface area contributed by atoms with E-state index in [0.717, 1.165) is 18.8 Å². The van der Waals surface area contributed by atoms with Crippen molar-refractivity contribution in [1.29, 1.82) is 0 Å². The van der Waals surface area contributed by atoms with Gasteiger partial charge in [-0.2, -0.15) is 4.39 Å². The maximum atomic E-state index is 12.5. The quantitative estimate of drug-likeness (QED) is 0.547. The first-order valence-corrected chi connectivity index (χ1v) is 3.50. The summed E-state index contributed by atoms with van der Waals surface area (Å²) in [5.74, 6) is 0.163. The summed E-state index contributed by atoms with van der Waals surface area (Å²) in [5.41, 5.74) is 0.873. The highest BCUT2D eigenvalue weighted by Gasteiger charge is 2.08. The van der Waals surface area contributed by atoms with Crippen molar-refractivity contribution in [3.8, 4) is 0 Å². The zero-order valence-electron chi connectivity index (χ0n) is 5.89. The number of fused-ring (bicyclic) bond motifs is 1. The largest absolute Gasteiger partial charge is 0.380 e. The molecular formula is C7H8FN3. The second-order valence-electron chi connectivity index (χ2n) is 2.38. The average Bonchev–Trinajstić information content (AvgIpc) is 2.04. The molecule has 2 rings (SSSR count). The highest BCUT2D eigenvalue weighted by atomic mass is 19.1. The fourth-order valence-corrected chi connectivity index (χ4v) is 1.09. The SMILES string of the molecule is Fc1ccc2c(n1)NCCN2. The Balaban J connectivity index is 2.43. The lowest BCUT2D eigenvalue weighted by Gasteiger charge is -2.17. The molecule has 0 bridgehead atoms. The van der Waals surface area contributed by atoms with Crippen LogP contribution in [0.25, 0.3) is 0 Å². The number of hydrogen-bond donors (Lipinski definition) is 2. The first-order valence-electron chi connectivity index (χ1n) is 3.50. The molecule has 0 saturated carbocycles. The molecule has 0 amide bonds. The van der Waals surface area contributed by atoms with Gasteiger partial charge in [0, 0.05) is 13.1 Å². The first-order chi connectivity index (χ1) is 5.36. The third kappa shape index (κ3) is 1.11. The van der Waals surface area contributed by atoms with Gasteiger partial charge in [0.05, 0.1) is 5.69 Å². The minimum atomic E-state index is -0.444. The second-order valence-corrected chi connectivity index (χ2v) is 2.38. The number of halogens is 1. The summed E-state index contributed by atoms with van der Waals surface area (Å²) in [4.78, 5) is 3.67. The topological polar surface area (TPSA) is 37.0 Å². The van der Waals surface area contributed by atoms with E-state index < -0.39 is 5.95 Å². The molecule has 1 aromatic rings. The summed E-state index contributed by atoms with van der Waals surface area (Å²) in [6, 6.07) is 3.03. The summed E-state index contributed by atoms with van der Waals surface area (Å²) in [7, 11) is 0. The van der Waals surface area contributed by atoms with Crippen molar-refractivity contribution in [3.63, 3.8) is 0 Å². The van der Waals surface area contributed by atoms with Crippen LogP contribution < -0.4 is 10.6 Å². The van der Waals surface area contributed by atoms with Crippen LogP contribution in [0.4, 0.5) is 15.9 Å². The van der Waals surface area contributed by atoms with Crippen LogP contribution in [0.1, 0.15) is 0 Å². The lowest BCUT2D eigenvalue weighted by atomic mass is 10.3. The Bertz CT molecular complexity index is 274. The molecule has 2 heterocycles. The third-order valence-corrected chi connectivity index (χ3v) is 1.59. The molecule has 4 heteroatoms. The standard InChI is InChI=1S/C7H8FN3/c8-6-2-1-5-7(11-6)10-4-3-9-5/h1-2,9H,3-4H2,(H,10,11). The zero-order chi connectivity index (χ0) is 7.68. The van der Waals surface area contributed by atoms with Crippen LogP contribution in [0.3, 0.4) is 0 Å². The fourth-order valence-electron chi connectivity index (χ4n) is 1.09. The first kappa shape index (κ1) is 6.39. The van der Waals surface area contributed by atoms with E-state index in [2.05, 4.69) is 15.6 Å². The summed E-state index contributed by atoms with van der Waals surface area (Å²) in [6.07, 6.45) is 0. The van der Waals surface area contributed by atoms with Gasteiger partial charge in [0.25, 0.3) is 0 Å². The van der Waals surface area contributed by atoms with Gasteiger partial charge in [-0.25, -0.2) is 4.98 Å². The maximum Gasteiger partial charge on any atom is 0.214 e. The van der Waals surface area contributed by atoms with Crippen LogP contribution in [0, 0.1) is 5.95 Å². The molecule has 1 aromatic heterocycles. The van der Waals surface area contributed by atoms with Gasteiger partial charge in [0.15, 0.2) is 5.82 Å². The van der Waals surface area contributed by atoms with E-state index in [0.29, 0.717) is 5.82 Å². The van der Waals surface area contributed by atoms with Gasteiger partial charge in [-0.05, 0) is 12.1 Å². The minimum Gasteiger partial charge on any atom is -0.380 e. The van der Waals surface area contributed by atoms with Crippen LogP contribution in [-0.2, 0) is 0 Å². The van der Waals surface area contributed by atoms with Gasteiger partial charge in [0.2, 0.25) is 5.95 Å². The predicted octanol–water partition coefficient (Wildman–Crippen LogP) is 1.06. The Kier molecular flexibility index (Phi) is 1.38. The van der Waals surface area contributed by atoms with Crippen molar-refractivity contribution >= 4 is 11.5 Å². The molecule has 11 heavy (non-hydrogen) atoms. The van der Waals surface area contributed by atoms with E-state index in [1.54, 1.807) is 6.07 Å². The zero-order valence-corrected chi connectivity index (χ0v) is 5.89. The van der Waals surface area contributed by atoms with Crippen molar-refractivity contribution < 1.29 is 4.39 Å². The molecule has 3 nitrogen and oxygen atoms in total. The van der Waals surface area contributed by atoms with Crippen molar-refractivity contribution in [2.45, 2.75) is 0 Å². The van der Waals surface area contributed by atoms with E-state index in [9.17, 15) is 4.39 Å². The van der Waals surface area contributed by atoms with Crippen molar-refractivity contribution in [2.75, 3.05) is 23.7 Å². The molecule has 0 spiro atoms. The third-order valence-electron chi connectivity index (χ3n) is 1.59. The number of nitrogens with one attached hydrogen (secondary N) is 2. The molecule has 1 aliphatic rings. The second kappa shape index (κ2) is 2.38. The van der Waals surface area contributed by atoms with Gasteiger partial charge in [0.1, 0.15) is 0 Å². The number of anilines is 2. The number of hydrogen-bond acceptors (Lipinski definition) is 3. The van der Waals surface area contributed by atoms with Crippen LogP contribution >= 0.6 is 0 Å². The number of pyridine rings is 1. The monoisotopic (exact) mass is 153 g/mol. The van der Waals surface area contributed by atoms with Crippen LogP contribution in [-0.4, -0.2) is 18.1 Å². The Morgan fingerprint density at radius 2 is 2.09 bits per heavy atom. The van der Waals surface area contributed by atoms with Gasteiger partial charge in [-0.1, -0.05) is 0 Å². The highest BCUT2D eigenvalue weighted by Crippen LogP contribution is 2.20. The van der Waals surface area contributed by atoms with Gasteiger partial charge >= 0.3 is 0 Å². The summed E-state index contributed by atoms with van der Waals surface area (Å²) >= 11 is 0. The van der Waals surface area contributed by atoms with Gasteiger partial charge < -0.3 is 10.6 Å². The Labute approximate surface area is 63.6 Å². The highest BCUT2D eigenvalue weighted by molar-refractivity contribution is 5.65. The van der Waals surface area contributed by atoms with E-state index in [1.165, 1.54) is 6.07 Å². The summed E-state index contributed by atoms with van der Waals surface area (Å²) in [6.45, 7) is 1.66. The lowest BCUT2D eigenvalue weighted by Crippen LogP contribution is -2.21. The van der Waals surface area contributed by atoms with Crippen LogP contribution in [0.15, 0.2) is 12.1 Å². The Morgan fingerprint density at radius 1 is 1.27 bits per heavy atom. The molecule has 0 radical (unpaired) electrons. The Morgan fingerprint density at radius 3 is 3.00 bits per heavy atom. The molecule has 0 fully saturated rings. The predicted molar refractivity (Wildman–Crippen MR) is 41.2 cm³/mol. The fraction of sp³-hybridized carbons (Fsp3) is 0.286. The maximum absolute atomic E-state index is 12.5. The molecule has 2 N–H and O–H groups in total. The van der Waals surface area contributed by atoms with Crippen molar-refractivity contribution in [2.24, 2.45) is 0 Å². The molecule has 1 aliphatic heterocycles. The minimum absolute atomic E-state index is 0.444. The average molecular weight is 153 g/mol. The molecule has 0 aromatic carbocycles. The molecule has 0 atom stereocenters. The van der Waals surface area contributed by atoms with Crippen molar-refractivity contribution in [1.82, 2.24) is 4.98 Å². The molecule has 0 aliphatic carbocycles. The Hall–Kier alpha value is -1.32. The number of nitrogens with zero attached hydrogens (tertiary/aromatic N) is 1. The molecule has 0 unspecified atom stereocenters. The number of aromatic nitrogens is 1. The summed E-state index contributed by atoms with van der Waals surface area (Å²) in [5, 5.41) is 6.09.